The van der Waals surface area contributed by atoms with E-state index in [1.54, 1.807) is 36.0 Å². The van der Waals surface area contributed by atoms with E-state index in [1.165, 1.54) is 11.3 Å². The zero-order valence-corrected chi connectivity index (χ0v) is 12.3. The van der Waals surface area contributed by atoms with Crippen LogP contribution in [0.25, 0.3) is 0 Å². The van der Waals surface area contributed by atoms with Crippen molar-refractivity contribution in [3.63, 3.8) is 0 Å². The monoisotopic (exact) mass is 313 g/mol. The number of sulfonamides is 1. The normalized spacial score (nSPS) is 11.4. The molecule has 1 heterocycles. The van der Waals surface area contributed by atoms with Crippen molar-refractivity contribution in [3.05, 3.63) is 40.8 Å². The predicted octanol–water partition coefficient (Wildman–Crippen LogP) is 1.22. The molecule has 2 rings (SSSR count). The fraction of sp³-hybridized carbons (Fsp3) is 0.250. The molecule has 108 valence electrons. The third-order valence-electron chi connectivity index (χ3n) is 2.43. The van der Waals surface area contributed by atoms with E-state index < -0.39 is 10.0 Å². The van der Waals surface area contributed by atoms with Gasteiger partial charge in [-0.15, -0.1) is 11.3 Å². The first kappa shape index (κ1) is 14.8. The van der Waals surface area contributed by atoms with Crippen LogP contribution in [0.2, 0.25) is 0 Å². The Kier molecular flexibility index (Phi) is 4.94. The van der Waals surface area contributed by atoms with Gasteiger partial charge in [-0.1, -0.05) is 6.07 Å². The number of thiazole rings is 1. The fourth-order valence-electron chi connectivity index (χ4n) is 1.46. The molecule has 3 N–H and O–H groups in total. The largest absolute Gasteiger partial charge is 0.492 e. The minimum Gasteiger partial charge on any atom is -0.492 e. The minimum absolute atomic E-state index is 0.0709. The number of aromatic nitrogens is 1. The van der Waals surface area contributed by atoms with Crippen molar-refractivity contribution >= 4 is 27.0 Å². The SMILES string of the molecule is Nc1cccc(OCCS(=O)(=O)NCc2cncs2)c1. The van der Waals surface area contributed by atoms with Gasteiger partial charge in [0, 0.05) is 29.4 Å². The third-order valence-corrected chi connectivity index (χ3v) is 4.50. The number of nitrogens with zero attached hydrogens (tertiary/aromatic N) is 1. The lowest BCUT2D eigenvalue weighted by Crippen LogP contribution is -2.28. The van der Waals surface area contributed by atoms with E-state index in [1.807, 2.05) is 0 Å². The molecule has 0 saturated heterocycles. The molecule has 6 nitrogen and oxygen atoms in total. The van der Waals surface area contributed by atoms with Crippen molar-refractivity contribution in [3.8, 4) is 5.75 Å². The van der Waals surface area contributed by atoms with E-state index in [0.717, 1.165) is 4.88 Å². The maximum Gasteiger partial charge on any atom is 0.215 e. The van der Waals surface area contributed by atoms with Crippen LogP contribution in [-0.4, -0.2) is 25.8 Å². The third kappa shape index (κ3) is 4.80. The Bertz CT molecular complexity index is 642. The first-order valence-electron chi connectivity index (χ1n) is 5.88. The molecule has 1 aromatic carbocycles. The number of nitrogens with one attached hydrogen (secondary N) is 1. The van der Waals surface area contributed by atoms with Crippen molar-refractivity contribution in [1.29, 1.82) is 0 Å². The van der Waals surface area contributed by atoms with Gasteiger partial charge in [0.05, 0.1) is 11.3 Å². The second-order valence-electron chi connectivity index (χ2n) is 4.03. The standard InChI is InChI=1S/C12H15N3O3S2/c13-10-2-1-3-11(6-10)18-4-5-20(16,17)15-8-12-7-14-9-19-12/h1-3,6-7,9,15H,4-5,8,13H2. The van der Waals surface area contributed by atoms with Crippen LogP contribution in [-0.2, 0) is 16.6 Å². The summed E-state index contributed by atoms with van der Waals surface area (Å²) >= 11 is 1.40. The Balaban J connectivity index is 1.77. The number of nitrogens with two attached hydrogens (primary N) is 1. The highest BCUT2D eigenvalue weighted by atomic mass is 32.2. The van der Waals surface area contributed by atoms with Crippen LogP contribution in [0, 0.1) is 0 Å². The molecule has 1 aromatic heterocycles. The van der Waals surface area contributed by atoms with Gasteiger partial charge in [-0.05, 0) is 12.1 Å². The van der Waals surface area contributed by atoms with Gasteiger partial charge in [0.1, 0.15) is 12.4 Å². The molecular formula is C12H15N3O3S2. The van der Waals surface area contributed by atoms with Gasteiger partial charge < -0.3 is 10.5 Å². The molecule has 0 aliphatic rings. The van der Waals surface area contributed by atoms with Crippen molar-refractivity contribution in [1.82, 2.24) is 9.71 Å². The number of ether oxygens (including phenoxy) is 1. The molecule has 8 heteroatoms. The van der Waals surface area contributed by atoms with E-state index in [9.17, 15) is 8.42 Å². The van der Waals surface area contributed by atoms with Gasteiger partial charge in [0.25, 0.3) is 0 Å². The molecule has 0 saturated carbocycles. The van der Waals surface area contributed by atoms with Crippen LogP contribution < -0.4 is 15.2 Å². The molecule has 2 aromatic rings. The van der Waals surface area contributed by atoms with Crippen LogP contribution in [0.5, 0.6) is 5.75 Å². The lowest BCUT2D eigenvalue weighted by atomic mass is 10.3. The van der Waals surface area contributed by atoms with Crippen LogP contribution in [0.4, 0.5) is 5.69 Å². The van der Waals surface area contributed by atoms with Gasteiger partial charge in [-0.2, -0.15) is 0 Å². The Labute approximate surface area is 121 Å². The smallest absolute Gasteiger partial charge is 0.215 e. The summed E-state index contributed by atoms with van der Waals surface area (Å²) in [7, 11) is -3.37. The van der Waals surface area contributed by atoms with Crippen LogP contribution in [0.1, 0.15) is 4.88 Å². The molecular weight excluding hydrogens is 298 g/mol. The Morgan fingerprint density at radius 3 is 2.95 bits per heavy atom. The first-order chi connectivity index (χ1) is 9.55. The molecule has 0 atom stereocenters. The average Bonchev–Trinajstić information content (AvgIpc) is 2.89. The summed E-state index contributed by atoms with van der Waals surface area (Å²) in [5, 5.41) is 0. The maximum atomic E-state index is 11.8. The van der Waals surface area contributed by atoms with Crippen LogP contribution >= 0.6 is 11.3 Å². The number of rotatable bonds is 7. The molecule has 0 radical (unpaired) electrons. The number of nitrogen functional groups attached to an aromatic ring is 1. The lowest BCUT2D eigenvalue weighted by Gasteiger charge is -2.08. The maximum absolute atomic E-state index is 11.8. The van der Waals surface area contributed by atoms with Crippen molar-refractivity contribution < 1.29 is 13.2 Å². The number of hydrogen-bond acceptors (Lipinski definition) is 6. The van der Waals surface area contributed by atoms with Gasteiger partial charge in [0.15, 0.2) is 0 Å². The topological polar surface area (TPSA) is 94.3 Å². The molecule has 0 bridgehead atoms. The zero-order chi connectivity index (χ0) is 14.4. The predicted molar refractivity (Wildman–Crippen MR) is 79.1 cm³/mol. The summed E-state index contributed by atoms with van der Waals surface area (Å²) in [6, 6.07) is 6.87. The van der Waals surface area contributed by atoms with E-state index in [-0.39, 0.29) is 18.9 Å². The molecule has 0 fully saturated rings. The molecule has 0 spiro atoms. The molecule has 20 heavy (non-hydrogen) atoms. The minimum atomic E-state index is -3.37. The Morgan fingerprint density at radius 1 is 1.40 bits per heavy atom. The summed E-state index contributed by atoms with van der Waals surface area (Å²) in [5.41, 5.74) is 7.84. The summed E-state index contributed by atoms with van der Waals surface area (Å²) in [6.07, 6.45) is 1.64. The van der Waals surface area contributed by atoms with Gasteiger partial charge in [-0.3, -0.25) is 4.98 Å². The number of anilines is 1. The second kappa shape index (κ2) is 6.69. The average molecular weight is 313 g/mol. The number of hydrogen-bond donors (Lipinski definition) is 2. The molecule has 0 amide bonds. The summed E-state index contributed by atoms with van der Waals surface area (Å²) in [6.45, 7) is 0.326. The van der Waals surface area contributed by atoms with Crippen molar-refractivity contribution in [2.24, 2.45) is 0 Å². The van der Waals surface area contributed by atoms with Crippen LogP contribution in [0.3, 0.4) is 0 Å². The summed E-state index contributed by atoms with van der Waals surface area (Å²) in [4.78, 5) is 4.75. The highest BCUT2D eigenvalue weighted by Crippen LogP contribution is 2.14. The van der Waals surface area contributed by atoms with Crippen molar-refractivity contribution in [2.75, 3.05) is 18.1 Å². The van der Waals surface area contributed by atoms with Gasteiger partial charge in [0.2, 0.25) is 10.0 Å². The molecule has 0 aliphatic heterocycles. The van der Waals surface area contributed by atoms with E-state index in [2.05, 4.69) is 9.71 Å². The highest BCUT2D eigenvalue weighted by molar-refractivity contribution is 7.89. The van der Waals surface area contributed by atoms with Gasteiger partial charge >= 0.3 is 0 Å². The van der Waals surface area contributed by atoms with Crippen LogP contribution in [0.15, 0.2) is 36.0 Å². The molecule has 0 unspecified atom stereocenters. The summed E-state index contributed by atoms with van der Waals surface area (Å²) < 4.78 is 31.4. The fourth-order valence-corrected chi connectivity index (χ4v) is 2.90. The molecule has 0 aliphatic carbocycles. The quantitative estimate of drug-likeness (QED) is 0.750. The first-order valence-corrected chi connectivity index (χ1v) is 8.41. The van der Waals surface area contributed by atoms with E-state index >= 15 is 0 Å². The van der Waals surface area contributed by atoms with Crippen molar-refractivity contribution in [2.45, 2.75) is 6.54 Å². The zero-order valence-electron chi connectivity index (χ0n) is 10.7. The number of benzene rings is 1. The Hall–Kier alpha value is -1.64. The summed E-state index contributed by atoms with van der Waals surface area (Å²) in [5.74, 6) is 0.448. The lowest BCUT2D eigenvalue weighted by molar-refractivity contribution is 0.340. The van der Waals surface area contributed by atoms with E-state index in [0.29, 0.717) is 11.4 Å². The second-order valence-corrected chi connectivity index (χ2v) is 6.93. The van der Waals surface area contributed by atoms with E-state index in [4.69, 9.17) is 10.5 Å². The Morgan fingerprint density at radius 2 is 2.25 bits per heavy atom. The van der Waals surface area contributed by atoms with Gasteiger partial charge in [-0.25, -0.2) is 13.1 Å². The highest BCUT2D eigenvalue weighted by Gasteiger charge is 2.10.